The third-order valence-electron chi connectivity index (χ3n) is 5.12. The topological polar surface area (TPSA) is 90.6 Å². The first kappa shape index (κ1) is 18.3. The fourth-order valence-electron chi connectivity index (χ4n) is 3.58. The molecule has 146 valence electrons. The Hall–Kier alpha value is -3.03. The minimum Gasteiger partial charge on any atom is -0.463 e. The smallest absolute Gasteiger partial charge is 0.150 e. The summed E-state index contributed by atoms with van der Waals surface area (Å²) in [6, 6.07) is 11.9. The molecule has 1 saturated heterocycles. The maximum absolute atomic E-state index is 9.09. The van der Waals surface area contributed by atoms with Gasteiger partial charge in [0.25, 0.3) is 0 Å². The number of benzene rings is 2. The van der Waals surface area contributed by atoms with E-state index in [1.54, 1.807) is 6.07 Å². The first-order valence-corrected chi connectivity index (χ1v) is 9.43. The highest BCUT2D eigenvalue weighted by atomic mass is 16.5. The number of aliphatic hydroxyl groups is 1. The highest BCUT2D eigenvalue weighted by Crippen LogP contribution is 2.30. The van der Waals surface area contributed by atoms with Crippen molar-refractivity contribution in [1.29, 1.82) is 0 Å². The Balaban J connectivity index is 1.57. The Kier molecular flexibility index (Phi) is 5.18. The summed E-state index contributed by atoms with van der Waals surface area (Å²) in [5, 5.41) is 9.09. The number of imidazole rings is 1. The second kappa shape index (κ2) is 7.92. The molecule has 0 atom stereocenters. The second-order valence-corrected chi connectivity index (χ2v) is 6.88. The fourth-order valence-corrected chi connectivity index (χ4v) is 3.58. The van der Waals surface area contributed by atoms with Gasteiger partial charge in [0.15, 0.2) is 0 Å². The van der Waals surface area contributed by atoms with Crippen molar-refractivity contribution in [2.75, 3.05) is 50.0 Å². The summed E-state index contributed by atoms with van der Waals surface area (Å²) < 4.78 is 5.37. The van der Waals surface area contributed by atoms with E-state index in [9.17, 15) is 0 Å². The number of nitrogens with zero attached hydrogens (tertiary/aromatic N) is 3. The molecule has 1 fully saturated rings. The van der Waals surface area contributed by atoms with Gasteiger partial charge in [-0.25, -0.2) is 4.98 Å². The fraction of sp³-hybridized carbons (Fsp3) is 0.286. The normalized spacial score (nSPS) is 15.1. The molecule has 0 amide bonds. The molecule has 4 rings (SSSR count). The lowest BCUT2D eigenvalue weighted by Crippen LogP contribution is -2.47. The zero-order chi connectivity index (χ0) is 19.5. The summed E-state index contributed by atoms with van der Waals surface area (Å²) in [4.78, 5) is 12.8. The van der Waals surface area contributed by atoms with Crippen LogP contribution < -0.4 is 15.4 Å². The molecule has 7 heteroatoms. The zero-order valence-electron chi connectivity index (χ0n) is 15.8. The maximum Gasteiger partial charge on any atom is 0.150 e. The van der Waals surface area contributed by atoms with Gasteiger partial charge in [0.1, 0.15) is 11.6 Å². The summed E-state index contributed by atoms with van der Waals surface area (Å²) in [6.07, 6.45) is 1.36. The van der Waals surface area contributed by atoms with Crippen LogP contribution in [0.1, 0.15) is 0 Å². The Bertz CT molecular complexity index is 976. The number of β-amino-alcohol motifs (C(OH)–C–C–N with tert-alkyl or cyclic N) is 1. The van der Waals surface area contributed by atoms with Gasteiger partial charge >= 0.3 is 0 Å². The van der Waals surface area contributed by atoms with Crippen LogP contribution in [0.25, 0.3) is 22.4 Å². The van der Waals surface area contributed by atoms with E-state index in [0.29, 0.717) is 11.4 Å². The van der Waals surface area contributed by atoms with E-state index in [2.05, 4.69) is 33.5 Å². The summed E-state index contributed by atoms with van der Waals surface area (Å²) in [7, 11) is 0. The van der Waals surface area contributed by atoms with Gasteiger partial charge in [0, 0.05) is 44.0 Å². The number of nitrogens with two attached hydrogens (primary N) is 1. The summed E-state index contributed by atoms with van der Waals surface area (Å²) >= 11 is 0. The number of aromatic nitrogens is 2. The van der Waals surface area contributed by atoms with Crippen LogP contribution >= 0.6 is 0 Å². The van der Waals surface area contributed by atoms with E-state index in [4.69, 9.17) is 20.6 Å². The van der Waals surface area contributed by atoms with Crippen LogP contribution in [0, 0.1) is 0 Å². The van der Waals surface area contributed by atoms with Crippen molar-refractivity contribution in [3.63, 3.8) is 0 Å². The minimum absolute atomic E-state index is 0.216. The Morgan fingerprint density at radius 1 is 1.18 bits per heavy atom. The molecule has 0 bridgehead atoms. The molecule has 1 aliphatic heterocycles. The largest absolute Gasteiger partial charge is 0.463 e. The number of H-pyrrole nitrogens is 1. The number of hydrogen-bond donors (Lipinski definition) is 3. The van der Waals surface area contributed by atoms with Gasteiger partial charge in [-0.1, -0.05) is 6.58 Å². The Labute approximate surface area is 164 Å². The first-order chi connectivity index (χ1) is 13.7. The monoisotopic (exact) mass is 379 g/mol. The lowest BCUT2D eigenvalue weighted by atomic mass is 10.2. The second-order valence-electron chi connectivity index (χ2n) is 6.88. The van der Waals surface area contributed by atoms with Gasteiger partial charge in [-0.2, -0.15) is 0 Å². The number of piperazine rings is 1. The molecule has 0 aliphatic carbocycles. The number of rotatable bonds is 6. The van der Waals surface area contributed by atoms with Crippen LogP contribution in [-0.4, -0.2) is 59.3 Å². The quantitative estimate of drug-likeness (QED) is 0.450. The third-order valence-corrected chi connectivity index (χ3v) is 5.12. The zero-order valence-corrected chi connectivity index (χ0v) is 15.8. The number of hydrogen-bond acceptors (Lipinski definition) is 6. The van der Waals surface area contributed by atoms with E-state index in [0.717, 1.165) is 55.1 Å². The van der Waals surface area contributed by atoms with Crippen molar-refractivity contribution >= 4 is 22.4 Å². The number of aliphatic hydroxyl groups excluding tert-OH is 1. The van der Waals surface area contributed by atoms with Gasteiger partial charge < -0.3 is 25.5 Å². The number of anilines is 2. The van der Waals surface area contributed by atoms with E-state index in [-0.39, 0.29) is 6.61 Å². The average Bonchev–Trinajstić information content (AvgIpc) is 3.14. The van der Waals surface area contributed by atoms with Crippen molar-refractivity contribution in [2.24, 2.45) is 0 Å². The van der Waals surface area contributed by atoms with E-state index in [1.165, 1.54) is 11.9 Å². The lowest BCUT2D eigenvalue weighted by molar-refractivity contribution is 0.189. The van der Waals surface area contributed by atoms with Gasteiger partial charge in [-0.15, -0.1) is 0 Å². The minimum atomic E-state index is 0.216. The van der Waals surface area contributed by atoms with E-state index >= 15 is 0 Å². The third kappa shape index (κ3) is 3.67. The highest BCUT2D eigenvalue weighted by molar-refractivity contribution is 5.83. The molecule has 28 heavy (non-hydrogen) atoms. The SMILES string of the molecule is C=COc1cc(-c2nc3ccc(N4CCN(CCO)CC4)cc3[nH]2)ccc1N. The summed E-state index contributed by atoms with van der Waals surface area (Å²) in [5.74, 6) is 1.34. The molecule has 1 aliphatic rings. The van der Waals surface area contributed by atoms with Crippen molar-refractivity contribution in [3.8, 4) is 17.1 Å². The van der Waals surface area contributed by atoms with Gasteiger partial charge in [0.05, 0.1) is 29.6 Å². The number of nitrogens with one attached hydrogen (secondary N) is 1. The Morgan fingerprint density at radius 3 is 2.75 bits per heavy atom. The van der Waals surface area contributed by atoms with Crippen LogP contribution in [0.4, 0.5) is 11.4 Å². The van der Waals surface area contributed by atoms with Crippen LogP contribution in [0.15, 0.2) is 49.2 Å². The first-order valence-electron chi connectivity index (χ1n) is 9.43. The van der Waals surface area contributed by atoms with Gasteiger partial charge in [-0.3, -0.25) is 4.90 Å². The molecule has 2 aromatic carbocycles. The predicted octanol–water partition coefficient (Wildman–Crippen LogP) is 2.45. The predicted molar refractivity (Wildman–Crippen MR) is 113 cm³/mol. The molecular weight excluding hydrogens is 354 g/mol. The number of fused-ring (bicyclic) bond motifs is 1. The molecular formula is C21H25N5O2. The summed E-state index contributed by atoms with van der Waals surface area (Å²) in [6.45, 7) is 8.37. The van der Waals surface area contributed by atoms with Crippen LogP contribution in [-0.2, 0) is 0 Å². The molecule has 4 N–H and O–H groups in total. The molecule has 0 unspecified atom stereocenters. The lowest BCUT2D eigenvalue weighted by Gasteiger charge is -2.35. The molecule has 7 nitrogen and oxygen atoms in total. The van der Waals surface area contributed by atoms with Crippen LogP contribution in [0.3, 0.4) is 0 Å². The standard InChI is InChI=1S/C21H25N5O2/c1-2-28-20-13-15(3-5-17(20)22)21-23-18-6-4-16(14-19(18)24-21)26-9-7-25(8-10-26)11-12-27/h2-6,13-14,27H,1,7-12,22H2,(H,23,24). The number of aromatic amines is 1. The van der Waals surface area contributed by atoms with Crippen molar-refractivity contribution in [2.45, 2.75) is 0 Å². The summed E-state index contributed by atoms with van der Waals surface area (Å²) in [5.41, 5.74) is 10.5. The van der Waals surface area contributed by atoms with E-state index < -0.39 is 0 Å². The molecule has 0 radical (unpaired) electrons. The van der Waals surface area contributed by atoms with Crippen molar-refractivity contribution < 1.29 is 9.84 Å². The average molecular weight is 379 g/mol. The van der Waals surface area contributed by atoms with Crippen LogP contribution in [0.5, 0.6) is 5.75 Å². The number of nitrogen functional groups attached to an aromatic ring is 1. The van der Waals surface area contributed by atoms with E-state index in [1.807, 2.05) is 18.2 Å². The van der Waals surface area contributed by atoms with Gasteiger partial charge in [-0.05, 0) is 36.4 Å². The number of ether oxygens (including phenoxy) is 1. The van der Waals surface area contributed by atoms with Crippen molar-refractivity contribution in [3.05, 3.63) is 49.2 Å². The maximum atomic E-state index is 9.09. The molecule has 1 aromatic heterocycles. The molecule has 0 saturated carbocycles. The van der Waals surface area contributed by atoms with Crippen molar-refractivity contribution in [1.82, 2.24) is 14.9 Å². The molecule has 0 spiro atoms. The highest BCUT2D eigenvalue weighted by Gasteiger charge is 2.17. The van der Waals surface area contributed by atoms with Crippen LogP contribution in [0.2, 0.25) is 0 Å². The molecule has 2 heterocycles. The van der Waals surface area contributed by atoms with Gasteiger partial charge in [0.2, 0.25) is 0 Å². The Morgan fingerprint density at radius 2 is 2.00 bits per heavy atom. The molecule has 3 aromatic rings.